The first kappa shape index (κ1) is 18.1. The lowest BCUT2D eigenvalue weighted by molar-refractivity contribution is 0.0777. The fourth-order valence-electron chi connectivity index (χ4n) is 3.59. The monoisotopic (exact) mass is 383 g/mol. The van der Waals surface area contributed by atoms with Crippen LogP contribution in [0.25, 0.3) is 5.78 Å². The normalized spacial score (nSPS) is 14.0. The smallest absolute Gasteiger partial charge is 0.276 e. The molecule has 0 fully saturated rings. The molecule has 3 heterocycles. The number of aromatic hydroxyl groups is 1. The van der Waals surface area contributed by atoms with Crippen LogP contribution in [0.15, 0.2) is 35.1 Å². The van der Waals surface area contributed by atoms with Crippen LogP contribution in [0.1, 0.15) is 21.6 Å². The van der Waals surface area contributed by atoms with Crippen LogP contribution in [-0.2, 0) is 13.0 Å². The van der Waals surface area contributed by atoms with Crippen molar-refractivity contribution in [3.63, 3.8) is 0 Å². The van der Waals surface area contributed by atoms with Crippen LogP contribution < -0.4 is 10.5 Å². The largest absolute Gasteiger partial charge is 0.494 e. The van der Waals surface area contributed by atoms with Gasteiger partial charge in [0.05, 0.1) is 18.8 Å². The van der Waals surface area contributed by atoms with E-state index in [1.807, 2.05) is 30.3 Å². The van der Waals surface area contributed by atoms with Crippen molar-refractivity contribution < 1.29 is 15.0 Å². The summed E-state index contributed by atoms with van der Waals surface area (Å²) in [5, 5.41) is 20.2. The molecule has 0 radical (unpaired) electrons. The van der Waals surface area contributed by atoms with Gasteiger partial charge in [-0.05, 0) is 5.56 Å². The third-order valence-corrected chi connectivity index (χ3v) is 4.95. The van der Waals surface area contributed by atoms with Crippen LogP contribution in [0, 0.1) is 0 Å². The van der Waals surface area contributed by atoms with Gasteiger partial charge in [0, 0.05) is 27.1 Å². The van der Waals surface area contributed by atoms with Gasteiger partial charge in [-0.15, -0.1) is 0 Å². The Bertz CT molecular complexity index is 1120. The molecule has 0 bridgehead atoms. The molecule has 2 N–H and O–H groups in total. The Balaban J connectivity index is 2.06. The van der Waals surface area contributed by atoms with Crippen LogP contribution in [0.5, 0.6) is 5.88 Å². The molecule has 146 valence electrons. The van der Waals surface area contributed by atoms with Gasteiger partial charge in [-0.2, -0.15) is 4.98 Å². The van der Waals surface area contributed by atoms with Crippen molar-refractivity contribution >= 4 is 17.5 Å². The Labute approximate surface area is 160 Å². The van der Waals surface area contributed by atoms with E-state index in [4.69, 9.17) is 0 Å². The number of nitrogens with zero attached hydrogens (tertiary/aromatic N) is 5. The number of hydrogen-bond donors (Lipinski definition) is 2. The van der Waals surface area contributed by atoms with E-state index in [9.17, 15) is 19.8 Å². The Morgan fingerprint density at radius 2 is 1.82 bits per heavy atom. The number of fused-ring (bicyclic) bond motifs is 3. The Morgan fingerprint density at radius 3 is 2.50 bits per heavy atom. The lowest BCUT2D eigenvalue weighted by Crippen LogP contribution is -2.43. The summed E-state index contributed by atoms with van der Waals surface area (Å²) in [5.74, 6) is 0.0157. The molecular formula is C19H21N5O4. The van der Waals surface area contributed by atoms with Crippen molar-refractivity contribution in [3.8, 4) is 5.88 Å². The van der Waals surface area contributed by atoms with Crippen LogP contribution in [0.4, 0.5) is 5.82 Å². The van der Waals surface area contributed by atoms with E-state index in [2.05, 4.69) is 4.98 Å². The van der Waals surface area contributed by atoms with E-state index in [0.717, 1.165) is 5.56 Å². The van der Waals surface area contributed by atoms with E-state index in [0.29, 0.717) is 12.5 Å². The zero-order chi connectivity index (χ0) is 20.0. The highest BCUT2D eigenvalue weighted by Gasteiger charge is 2.33. The first-order valence-corrected chi connectivity index (χ1v) is 8.92. The number of aliphatic hydroxyl groups is 1. The molecule has 9 heteroatoms. The van der Waals surface area contributed by atoms with Crippen molar-refractivity contribution in [3.05, 3.63) is 57.5 Å². The van der Waals surface area contributed by atoms with Crippen LogP contribution in [0.3, 0.4) is 0 Å². The standard InChI is InChI=1S/C19H21N5O4/c1-21-11-22(2)18(28)14-15(21)20-19-23(10-12-6-4-3-5-7-12)16(26)13(8-9-25)17(27)24(14)19/h3-7,25-26H,8-11H2,1-2H3. The minimum absolute atomic E-state index is 0.0256. The molecular weight excluding hydrogens is 362 g/mol. The summed E-state index contributed by atoms with van der Waals surface area (Å²) in [5.41, 5.74) is 0.569. The maximum absolute atomic E-state index is 13.1. The minimum Gasteiger partial charge on any atom is -0.494 e. The average Bonchev–Trinajstić information content (AvgIpc) is 3.09. The molecule has 0 saturated heterocycles. The van der Waals surface area contributed by atoms with Gasteiger partial charge in [0.1, 0.15) is 0 Å². The predicted molar refractivity (Wildman–Crippen MR) is 103 cm³/mol. The molecule has 1 aromatic carbocycles. The molecule has 0 saturated carbocycles. The molecule has 0 aliphatic carbocycles. The Morgan fingerprint density at radius 1 is 1.11 bits per heavy atom. The van der Waals surface area contributed by atoms with Gasteiger partial charge >= 0.3 is 0 Å². The van der Waals surface area contributed by atoms with E-state index < -0.39 is 5.56 Å². The zero-order valence-corrected chi connectivity index (χ0v) is 15.7. The quantitative estimate of drug-likeness (QED) is 0.670. The topological polar surface area (TPSA) is 103 Å². The van der Waals surface area contributed by atoms with Gasteiger partial charge in [-0.25, -0.2) is 4.40 Å². The highest BCUT2D eigenvalue weighted by molar-refractivity contribution is 6.00. The number of aromatic nitrogens is 3. The molecule has 3 aromatic rings. The number of aliphatic hydroxyl groups excluding tert-OH is 1. The van der Waals surface area contributed by atoms with E-state index in [-0.39, 0.29) is 48.4 Å². The number of imidazole rings is 1. The van der Waals surface area contributed by atoms with Crippen molar-refractivity contribution in [2.24, 2.45) is 0 Å². The first-order valence-electron chi connectivity index (χ1n) is 8.92. The first-order chi connectivity index (χ1) is 13.4. The summed E-state index contributed by atoms with van der Waals surface area (Å²) >= 11 is 0. The SMILES string of the molecule is CN1CN(C)c2nc3n(Cc4ccccc4)c(O)c(CCO)c(=O)n3c2C1=O. The lowest BCUT2D eigenvalue weighted by Gasteiger charge is -2.30. The fraction of sp³-hybridized carbons (Fsp3) is 0.316. The van der Waals surface area contributed by atoms with Gasteiger partial charge < -0.3 is 20.0 Å². The third kappa shape index (κ3) is 2.63. The molecule has 28 heavy (non-hydrogen) atoms. The highest BCUT2D eigenvalue weighted by Crippen LogP contribution is 2.28. The summed E-state index contributed by atoms with van der Waals surface area (Å²) in [4.78, 5) is 33.7. The van der Waals surface area contributed by atoms with Gasteiger partial charge in [0.2, 0.25) is 11.7 Å². The summed E-state index contributed by atoms with van der Waals surface area (Å²) in [6, 6.07) is 9.44. The van der Waals surface area contributed by atoms with Gasteiger partial charge in [-0.3, -0.25) is 14.2 Å². The highest BCUT2D eigenvalue weighted by atomic mass is 16.3. The number of carbonyl (C=O) groups is 1. The van der Waals surface area contributed by atoms with E-state index in [1.54, 1.807) is 19.0 Å². The molecule has 0 spiro atoms. The van der Waals surface area contributed by atoms with Crippen molar-refractivity contribution in [1.82, 2.24) is 18.9 Å². The number of anilines is 1. The fourth-order valence-corrected chi connectivity index (χ4v) is 3.59. The second-order valence-electron chi connectivity index (χ2n) is 6.91. The molecule has 1 amide bonds. The van der Waals surface area contributed by atoms with Gasteiger partial charge in [0.25, 0.3) is 11.5 Å². The van der Waals surface area contributed by atoms with Crippen LogP contribution in [0.2, 0.25) is 0 Å². The predicted octanol–water partition coefficient (Wildman–Crippen LogP) is 0.264. The second-order valence-corrected chi connectivity index (χ2v) is 6.91. The Kier molecular flexibility index (Phi) is 4.31. The maximum atomic E-state index is 13.1. The van der Waals surface area contributed by atoms with Crippen LogP contribution in [-0.4, -0.2) is 62.3 Å². The summed E-state index contributed by atoms with van der Waals surface area (Å²) in [7, 11) is 3.44. The lowest BCUT2D eigenvalue weighted by atomic mass is 10.2. The number of amides is 1. The molecule has 2 aromatic heterocycles. The molecule has 1 aliphatic rings. The molecule has 9 nitrogen and oxygen atoms in total. The Hall–Kier alpha value is -3.33. The van der Waals surface area contributed by atoms with Gasteiger partial charge in [0.15, 0.2) is 11.5 Å². The second kappa shape index (κ2) is 6.68. The average molecular weight is 383 g/mol. The van der Waals surface area contributed by atoms with Crippen LogP contribution >= 0.6 is 0 Å². The van der Waals surface area contributed by atoms with E-state index >= 15 is 0 Å². The number of rotatable bonds is 4. The summed E-state index contributed by atoms with van der Waals surface area (Å²) in [6.45, 7) is 0.306. The maximum Gasteiger partial charge on any atom is 0.276 e. The molecule has 1 aliphatic heterocycles. The molecule has 0 atom stereocenters. The van der Waals surface area contributed by atoms with E-state index in [1.165, 1.54) is 13.9 Å². The molecule has 4 rings (SSSR count). The number of benzene rings is 1. The minimum atomic E-state index is -0.545. The number of carbonyl (C=O) groups excluding carboxylic acids is 1. The van der Waals surface area contributed by atoms with Crippen molar-refractivity contribution in [2.75, 3.05) is 32.3 Å². The summed E-state index contributed by atoms with van der Waals surface area (Å²) < 4.78 is 2.75. The molecule has 0 unspecified atom stereocenters. The van der Waals surface area contributed by atoms with Crippen molar-refractivity contribution in [1.29, 1.82) is 0 Å². The van der Waals surface area contributed by atoms with Gasteiger partial charge in [-0.1, -0.05) is 30.3 Å². The zero-order valence-electron chi connectivity index (χ0n) is 15.7. The third-order valence-electron chi connectivity index (χ3n) is 4.95. The van der Waals surface area contributed by atoms with Crippen molar-refractivity contribution in [2.45, 2.75) is 13.0 Å². The number of hydrogen-bond acceptors (Lipinski definition) is 6. The summed E-state index contributed by atoms with van der Waals surface area (Å²) in [6.07, 6.45) is -0.0256.